The molecule has 1 aromatic carbocycles. The van der Waals surface area contributed by atoms with E-state index in [0.29, 0.717) is 16.6 Å². The van der Waals surface area contributed by atoms with E-state index in [1.54, 1.807) is 6.33 Å². The highest BCUT2D eigenvalue weighted by Crippen LogP contribution is 2.26. The van der Waals surface area contributed by atoms with Crippen LogP contribution in [-0.4, -0.2) is 25.6 Å². The summed E-state index contributed by atoms with van der Waals surface area (Å²) in [5.74, 6) is 0.726. The van der Waals surface area contributed by atoms with Crippen LogP contribution < -0.4 is 5.32 Å². The second-order valence-corrected chi connectivity index (χ2v) is 6.08. The van der Waals surface area contributed by atoms with Crippen LogP contribution in [0.25, 0.3) is 11.2 Å². The highest BCUT2D eigenvalue weighted by atomic mass is 35.5. The van der Waals surface area contributed by atoms with Gasteiger partial charge in [0.25, 0.3) is 0 Å². The van der Waals surface area contributed by atoms with Gasteiger partial charge >= 0.3 is 0 Å². The summed E-state index contributed by atoms with van der Waals surface area (Å²) in [6.07, 6.45) is 3.25. The van der Waals surface area contributed by atoms with Crippen molar-refractivity contribution in [2.45, 2.75) is 26.4 Å². The summed E-state index contributed by atoms with van der Waals surface area (Å²) in [7, 11) is 0. The van der Waals surface area contributed by atoms with Gasteiger partial charge in [-0.3, -0.25) is 0 Å². The van der Waals surface area contributed by atoms with Crippen molar-refractivity contribution >= 4 is 40.2 Å². The smallest absolute Gasteiger partial charge is 0.165 e. The molecule has 0 bridgehead atoms. The minimum atomic E-state index is 0.265. The number of anilines is 1. The molecule has 3 aromatic rings. The number of hydrogen-bond donors (Lipinski definition) is 1. The van der Waals surface area contributed by atoms with Crippen LogP contribution in [0.1, 0.15) is 19.4 Å². The van der Waals surface area contributed by atoms with Crippen LogP contribution in [-0.2, 0) is 6.54 Å². The molecule has 22 heavy (non-hydrogen) atoms. The van der Waals surface area contributed by atoms with E-state index in [1.165, 1.54) is 6.33 Å². The van der Waals surface area contributed by atoms with Crippen molar-refractivity contribution < 1.29 is 0 Å². The topological polar surface area (TPSA) is 55.6 Å². The minimum absolute atomic E-state index is 0.265. The molecule has 0 aliphatic heterocycles. The number of aromatic nitrogens is 4. The monoisotopic (exact) mass is 335 g/mol. The highest BCUT2D eigenvalue weighted by Gasteiger charge is 2.13. The van der Waals surface area contributed by atoms with Gasteiger partial charge in [0, 0.05) is 21.7 Å². The van der Waals surface area contributed by atoms with Crippen LogP contribution in [0.4, 0.5) is 5.82 Å². The Balaban J connectivity index is 2.02. The average molecular weight is 336 g/mol. The van der Waals surface area contributed by atoms with Gasteiger partial charge in [-0.15, -0.1) is 0 Å². The van der Waals surface area contributed by atoms with Gasteiger partial charge in [0.1, 0.15) is 11.8 Å². The normalized spacial score (nSPS) is 11.3. The zero-order chi connectivity index (χ0) is 15.7. The third kappa shape index (κ3) is 2.87. The molecule has 0 aliphatic rings. The molecule has 7 heteroatoms. The molecule has 2 aromatic heterocycles. The number of rotatable bonds is 4. The largest absolute Gasteiger partial charge is 0.366 e. The summed E-state index contributed by atoms with van der Waals surface area (Å²) < 4.78 is 1.91. The van der Waals surface area contributed by atoms with Gasteiger partial charge in [-0.2, -0.15) is 0 Å². The van der Waals surface area contributed by atoms with Crippen LogP contribution in [0.5, 0.6) is 0 Å². The summed E-state index contributed by atoms with van der Waals surface area (Å²) in [6.45, 7) is 4.61. The Kier molecular flexibility index (Phi) is 4.18. The van der Waals surface area contributed by atoms with E-state index in [9.17, 15) is 0 Å². The molecular formula is C15H15Cl2N5. The van der Waals surface area contributed by atoms with E-state index in [-0.39, 0.29) is 6.04 Å². The number of fused-ring (bicyclic) bond motifs is 1. The van der Waals surface area contributed by atoms with E-state index >= 15 is 0 Å². The van der Waals surface area contributed by atoms with Crippen molar-refractivity contribution in [3.8, 4) is 0 Å². The Morgan fingerprint density at radius 2 is 1.86 bits per heavy atom. The highest BCUT2D eigenvalue weighted by molar-refractivity contribution is 6.36. The lowest BCUT2D eigenvalue weighted by Crippen LogP contribution is -2.11. The second kappa shape index (κ2) is 6.10. The minimum Gasteiger partial charge on any atom is -0.366 e. The van der Waals surface area contributed by atoms with Crippen molar-refractivity contribution in [2.24, 2.45) is 0 Å². The van der Waals surface area contributed by atoms with Crippen LogP contribution in [0.15, 0.2) is 30.9 Å². The van der Waals surface area contributed by atoms with Crippen molar-refractivity contribution in [3.05, 3.63) is 46.5 Å². The lowest BCUT2D eigenvalue weighted by molar-refractivity contribution is 0.813. The van der Waals surface area contributed by atoms with Gasteiger partial charge in [-0.05, 0) is 26.0 Å². The molecule has 0 radical (unpaired) electrons. The maximum absolute atomic E-state index is 6.23. The Bertz CT molecular complexity index is 793. The van der Waals surface area contributed by atoms with E-state index in [0.717, 1.165) is 22.5 Å². The van der Waals surface area contributed by atoms with E-state index < -0.39 is 0 Å². The molecule has 0 fully saturated rings. The summed E-state index contributed by atoms with van der Waals surface area (Å²) in [5, 5.41) is 4.53. The third-order valence-corrected chi connectivity index (χ3v) is 3.92. The first-order chi connectivity index (χ1) is 10.6. The molecular weight excluding hydrogens is 321 g/mol. The number of nitrogens with one attached hydrogen (secondary N) is 1. The number of hydrogen-bond acceptors (Lipinski definition) is 4. The first kappa shape index (κ1) is 15.1. The Morgan fingerprint density at radius 3 is 2.55 bits per heavy atom. The summed E-state index contributed by atoms with van der Waals surface area (Å²) in [5.41, 5.74) is 2.33. The molecule has 2 heterocycles. The average Bonchev–Trinajstić information content (AvgIpc) is 2.87. The molecule has 0 atom stereocenters. The Hall–Kier alpha value is -1.85. The third-order valence-electron chi connectivity index (χ3n) is 3.22. The summed E-state index contributed by atoms with van der Waals surface area (Å²) in [6, 6.07) is 5.74. The lowest BCUT2D eigenvalue weighted by atomic mass is 10.2. The first-order valence-corrected chi connectivity index (χ1v) is 7.67. The fourth-order valence-electron chi connectivity index (χ4n) is 2.23. The van der Waals surface area contributed by atoms with Crippen LogP contribution in [0, 0.1) is 0 Å². The first-order valence-electron chi connectivity index (χ1n) is 6.91. The molecule has 0 amide bonds. The van der Waals surface area contributed by atoms with Gasteiger partial charge in [-0.1, -0.05) is 29.3 Å². The maximum atomic E-state index is 6.23. The van der Waals surface area contributed by atoms with Crippen molar-refractivity contribution in [1.29, 1.82) is 0 Å². The van der Waals surface area contributed by atoms with Gasteiger partial charge in [0.2, 0.25) is 0 Å². The quantitative estimate of drug-likeness (QED) is 0.782. The molecule has 0 unspecified atom stereocenters. The zero-order valence-electron chi connectivity index (χ0n) is 12.2. The molecule has 0 saturated carbocycles. The standard InChI is InChI=1S/C15H15Cl2N5/c1-9(2)21-14-13-15(19-7-18-14)22(8-20-13)6-10-11(16)4-3-5-12(10)17/h3-5,7-9H,6H2,1-2H3,(H,18,19,21). The molecule has 0 aliphatic carbocycles. The predicted octanol–water partition coefficient (Wildman–Crippen LogP) is 4.00. The van der Waals surface area contributed by atoms with Gasteiger partial charge in [0.15, 0.2) is 11.5 Å². The van der Waals surface area contributed by atoms with Gasteiger partial charge < -0.3 is 9.88 Å². The molecule has 3 rings (SSSR count). The summed E-state index contributed by atoms with van der Waals surface area (Å²) in [4.78, 5) is 13.0. The summed E-state index contributed by atoms with van der Waals surface area (Å²) >= 11 is 12.5. The Morgan fingerprint density at radius 1 is 1.14 bits per heavy atom. The van der Waals surface area contributed by atoms with Crippen LogP contribution in [0.3, 0.4) is 0 Å². The zero-order valence-corrected chi connectivity index (χ0v) is 13.7. The molecule has 114 valence electrons. The van der Waals surface area contributed by atoms with Crippen molar-refractivity contribution in [1.82, 2.24) is 19.5 Å². The fraction of sp³-hybridized carbons (Fsp3) is 0.267. The van der Waals surface area contributed by atoms with Gasteiger partial charge in [-0.25, -0.2) is 15.0 Å². The SMILES string of the molecule is CC(C)Nc1ncnc2c1ncn2Cc1c(Cl)cccc1Cl. The Labute approximate surface area is 138 Å². The predicted molar refractivity (Wildman–Crippen MR) is 89.6 cm³/mol. The number of imidazole rings is 1. The lowest BCUT2D eigenvalue weighted by Gasteiger charge is -2.10. The molecule has 1 N–H and O–H groups in total. The van der Waals surface area contributed by atoms with E-state index in [1.807, 2.05) is 22.8 Å². The number of halogens is 2. The van der Waals surface area contributed by atoms with Crippen LogP contribution >= 0.6 is 23.2 Å². The van der Waals surface area contributed by atoms with E-state index in [4.69, 9.17) is 23.2 Å². The maximum Gasteiger partial charge on any atom is 0.165 e. The van der Waals surface area contributed by atoms with Gasteiger partial charge in [0.05, 0.1) is 12.9 Å². The molecule has 0 spiro atoms. The van der Waals surface area contributed by atoms with Crippen molar-refractivity contribution in [2.75, 3.05) is 5.32 Å². The molecule has 5 nitrogen and oxygen atoms in total. The van der Waals surface area contributed by atoms with Crippen molar-refractivity contribution in [3.63, 3.8) is 0 Å². The fourth-order valence-corrected chi connectivity index (χ4v) is 2.75. The molecule has 0 saturated heterocycles. The van der Waals surface area contributed by atoms with Crippen LogP contribution in [0.2, 0.25) is 10.0 Å². The number of nitrogens with zero attached hydrogens (tertiary/aromatic N) is 4. The second-order valence-electron chi connectivity index (χ2n) is 5.27. The van der Waals surface area contributed by atoms with E-state index in [2.05, 4.69) is 34.1 Å². The number of benzene rings is 1.